The van der Waals surface area contributed by atoms with Crippen molar-refractivity contribution in [2.45, 2.75) is 6.04 Å². The molecule has 0 amide bonds. The van der Waals surface area contributed by atoms with E-state index in [1.807, 2.05) is 12.1 Å². The minimum absolute atomic E-state index is 0.0683. The van der Waals surface area contributed by atoms with E-state index in [0.29, 0.717) is 19.8 Å². The zero-order valence-corrected chi connectivity index (χ0v) is 12.2. The second-order valence-electron chi connectivity index (χ2n) is 5.12. The molecule has 2 rings (SSSR count). The summed E-state index contributed by atoms with van der Waals surface area (Å²) in [4.78, 5) is 5.58. The summed E-state index contributed by atoms with van der Waals surface area (Å²) in [7, 11) is 0. The lowest BCUT2D eigenvalue weighted by atomic mass is 10.0. The summed E-state index contributed by atoms with van der Waals surface area (Å²) < 4.78 is 18.5. The quantitative estimate of drug-likeness (QED) is 0.806. The van der Waals surface area contributed by atoms with E-state index in [-0.39, 0.29) is 11.9 Å². The lowest BCUT2D eigenvalue weighted by Gasteiger charge is -2.31. The van der Waals surface area contributed by atoms with Crippen molar-refractivity contribution in [1.82, 2.24) is 0 Å². The third-order valence-electron chi connectivity index (χ3n) is 3.72. The van der Waals surface area contributed by atoms with Crippen LogP contribution in [0.3, 0.4) is 0 Å². The second-order valence-corrected chi connectivity index (χ2v) is 5.12. The Balaban J connectivity index is 2.13. The lowest BCUT2D eigenvalue weighted by molar-refractivity contribution is -0.937. The maximum absolute atomic E-state index is 13.1. The molecule has 1 N–H and O–H groups in total. The molecule has 1 aliphatic heterocycles. The Morgan fingerprint density at radius 2 is 1.86 bits per heavy atom. The molecule has 1 saturated heterocycles. The van der Waals surface area contributed by atoms with Gasteiger partial charge in [0.25, 0.3) is 0 Å². The summed E-state index contributed by atoms with van der Waals surface area (Å²) in [5.41, 5.74) is 1.00. The van der Waals surface area contributed by atoms with Crippen molar-refractivity contribution in [1.29, 1.82) is 10.5 Å². The molecular formula is C16H18FN4O+. The van der Waals surface area contributed by atoms with Gasteiger partial charge in [0.2, 0.25) is 0 Å². The van der Waals surface area contributed by atoms with Gasteiger partial charge in [-0.3, -0.25) is 4.99 Å². The molecule has 0 aliphatic carbocycles. The number of aliphatic imine (C=N–C) groups is 1. The Morgan fingerprint density at radius 1 is 1.23 bits per heavy atom. The molecule has 0 unspecified atom stereocenters. The monoisotopic (exact) mass is 301 g/mol. The first kappa shape index (κ1) is 16.1. The fourth-order valence-corrected chi connectivity index (χ4v) is 2.51. The third-order valence-corrected chi connectivity index (χ3v) is 3.72. The molecule has 22 heavy (non-hydrogen) atoms. The van der Waals surface area contributed by atoms with Crippen molar-refractivity contribution >= 4 is 6.21 Å². The zero-order valence-electron chi connectivity index (χ0n) is 12.2. The van der Waals surface area contributed by atoms with Gasteiger partial charge in [0.05, 0.1) is 31.9 Å². The van der Waals surface area contributed by atoms with Crippen LogP contribution in [0.5, 0.6) is 0 Å². The van der Waals surface area contributed by atoms with Crippen LogP contribution in [-0.2, 0) is 4.74 Å². The molecule has 1 fully saturated rings. The van der Waals surface area contributed by atoms with E-state index in [2.05, 4.69) is 4.99 Å². The fraction of sp³-hybridized carbons (Fsp3) is 0.438. The van der Waals surface area contributed by atoms with Gasteiger partial charge >= 0.3 is 0 Å². The van der Waals surface area contributed by atoms with E-state index < -0.39 is 5.92 Å². The van der Waals surface area contributed by atoms with E-state index >= 15 is 0 Å². The Hall–Kier alpha value is -2.28. The number of benzene rings is 1. The maximum atomic E-state index is 13.1. The summed E-state index contributed by atoms with van der Waals surface area (Å²) in [6, 6.07) is 10.2. The van der Waals surface area contributed by atoms with Crippen molar-refractivity contribution in [2.24, 2.45) is 10.9 Å². The van der Waals surface area contributed by atoms with Gasteiger partial charge in [-0.1, -0.05) is 12.1 Å². The highest BCUT2D eigenvalue weighted by molar-refractivity contribution is 5.67. The van der Waals surface area contributed by atoms with Gasteiger partial charge in [-0.05, 0) is 12.1 Å². The van der Waals surface area contributed by atoms with Gasteiger partial charge < -0.3 is 9.64 Å². The number of quaternary nitrogens is 1. The molecule has 0 saturated carbocycles. The van der Waals surface area contributed by atoms with Gasteiger partial charge in [0.1, 0.15) is 24.9 Å². The van der Waals surface area contributed by atoms with Gasteiger partial charge in [0, 0.05) is 11.8 Å². The molecule has 1 heterocycles. The Kier molecular flexibility index (Phi) is 6.02. The molecule has 5 nitrogen and oxygen atoms in total. The highest BCUT2D eigenvalue weighted by Crippen LogP contribution is 2.12. The van der Waals surface area contributed by atoms with Crippen LogP contribution in [0.4, 0.5) is 4.39 Å². The van der Waals surface area contributed by atoms with Crippen molar-refractivity contribution < 1.29 is 14.0 Å². The number of morpholine rings is 1. The van der Waals surface area contributed by atoms with Crippen molar-refractivity contribution in [3.63, 3.8) is 0 Å². The molecule has 1 aromatic carbocycles. The Bertz CT molecular complexity index is 568. The number of halogens is 1. The summed E-state index contributed by atoms with van der Waals surface area (Å²) in [5.74, 6) is -1.09. The largest absolute Gasteiger partial charge is 0.370 e. The average molecular weight is 301 g/mol. The molecule has 1 aliphatic rings. The highest BCUT2D eigenvalue weighted by atomic mass is 19.1. The van der Waals surface area contributed by atoms with E-state index in [1.54, 1.807) is 12.1 Å². The molecule has 1 atom stereocenters. The number of rotatable bonds is 5. The number of hydrogen-bond donors (Lipinski definition) is 1. The SMILES string of the molecule is N#CC(C#N)C=NC[C@@H](c1ccc(F)cc1)[NH+]1CCOCC1. The molecule has 6 heteroatoms. The first-order valence-corrected chi connectivity index (χ1v) is 7.21. The van der Waals surface area contributed by atoms with Gasteiger partial charge in [0.15, 0.2) is 5.92 Å². The third kappa shape index (κ3) is 4.36. The minimum Gasteiger partial charge on any atom is -0.370 e. The zero-order chi connectivity index (χ0) is 15.8. The molecule has 0 spiro atoms. The number of hydrogen-bond acceptors (Lipinski definition) is 4. The van der Waals surface area contributed by atoms with Crippen LogP contribution in [0.2, 0.25) is 0 Å². The number of nitriles is 2. The second kappa shape index (κ2) is 8.23. The molecular weight excluding hydrogens is 283 g/mol. The van der Waals surface area contributed by atoms with E-state index in [9.17, 15) is 4.39 Å². The first-order chi connectivity index (χ1) is 10.7. The Morgan fingerprint density at radius 3 is 2.45 bits per heavy atom. The van der Waals surface area contributed by atoms with Crippen molar-refractivity contribution in [2.75, 3.05) is 32.8 Å². The number of ether oxygens (including phenoxy) is 1. The van der Waals surface area contributed by atoms with Crippen LogP contribution < -0.4 is 4.90 Å². The van der Waals surface area contributed by atoms with Crippen molar-refractivity contribution in [3.8, 4) is 12.1 Å². The summed E-state index contributed by atoms with van der Waals surface area (Å²) in [6.45, 7) is 3.56. The summed E-state index contributed by atoms with van der Waals surface area (Å²) in [6.07, 6.45) is 1.39. The smallest absolute Gasteiger partial charge is 0.167 e. The normalized spacial score (nSPS) is 17.3. The van der Waals surface area contributed by atoms with Gasteiger partial charge in [-0.2, -0.15) is 10.5 Å². The van der Waals surface area contributed by atoms with Gasteiger partial charge in [-0.25, -0.2) is 4.39 Å². The standard InChI is InChI=1S/C16H17FN4O/c17-15-3-1-14(2-4-15)16(21-5-7-22-8-6-21)12-20-11-13(9-18)10-19/h1-4,11,13,16H,5-8,12H2/p+1/t16-/m0/s1. The number of nitrogens with zero attached hydrogens (tertiary/aromatic N) is 3. The summed E-state index contributed by atoms with van der Waals surface area (Å²) >= 11 is 0. The van der Waals surface area contributed by atoms with Crippen LogP contribution in [-0.4, -0.2) is 39.1 Å². The fourth-order valence-electron chi connectivity index (χ4n) is 2.51. The van der Waals surface area contributed by atoms with Crippen LogP contribution in [0.1, 0.15) is 11.6 Å². The molecule has 114 valence electrons. The van der Waals surface area contributed by atoms with Gasteiger partial charge in [-0.15, -0.1) is 0 Å². The van der Waals surface area contributed by atoms with Crippen LogP contribution in [0, 0.1) is 34.4 Å². The van der Waals surface area contributed by atoms with E-state index in [0.717, 1.165) is 18.7 Å². The highest BCUT2D eigenvalue weighted by Gasteiger charge is 2.26. The van der Waals surface area contributed by atoms with E-state index in [1.165, 1.54) is 23.2 Å². The first-order valence-electron chi connectivity index (χ1n) is 7.21. The molecule has 0 aromatic heterocycles. The predicted molar refractivity (Wildman–Crippen MR) is 78.7 cm³/mol. The van der Waals surface area contributed by atoms with Crippen LogP contribution >= 0.6 is 0 Å². The molecule has 0 radical (unpaired) electrons. The number of nitrogens with one attached hydrogen (secondary N) is 1. The summed E-state index contributed by atoms with van der Waals surface area (Å²) in [5, 5.41) is 17.5. The van der Waals surface area contributed by atoms with Crippen LogP contribution in [0.15, 0.2) is 29.3 Å². The molecule has 0 bridgehead atoms. The topological polar surface area (TPSA) is 73.6 Å². The maximum Gasteiger partial charge on any atom is 0.167 e. The predicted octanol–water partition coefficient (Wildman–Crippen LogP) is 0.516. The minimum atomic E-state index is -0.825. The molecule has 1 aromatic rings. The Labute approximate surface area is 129 Å². The van der Waals surface area contributed by atoms with Crippen LogP contribution in [0.25, 0.3) is 0 Å². The lowest BCUT2D eigenvalue weighted by Crippen LogP contribution is -3.14. The average Bonchev–Trinajstić information content (AvgIpc) is 2.57. The van der Waals surface area contributed by atoms with E-state index in [4.69, 9.17) is 15.3 Å². The van der Waals surface area contributed by atoms with Crippen molar-refractivity contribution in [3.05, 3.63) is 35.6 Å².